The van der Waals surface area contributed by atoms with E-state index in [1.165, 1.54) is 4.68 Å². The monoisotopic (exact) mass is 439 g/mol. The van der Waals surface area contributed by atoms with Gasteiger partial charge < -0.3 is 4.90 Å². The maximum Gasteiger partial charge on any atom is 0.256 e. The van der Waals surface area contributed by atoms with Crippen molar-refractivity contribution in [1.82, 2.24) is 24.3 Å². The highest BCUT2D eigenvalue weighted by atomic mass is 19.2. The second-order valence-corrected chi connectivity index (χ2v) is 8.06. The maximum atomic E-state index is 13.9. The van der Waals surface area contributed by atoms with E-state index in [1.54, 1.807) is 41.0 Å². The molecule has 0 aliphatic carbocycles. The van der Waals surface area contributed by atoms with E-state index in [1.807, 2.05) is 13.8 Å². The van der Waals surface area contributed by atoms with Gasteiger partial charge in [-0.15, -0.1) is 0 Å². The number of amides is 1. The Morgan fingerprint density at radius 1 is 1.19 bits per heavy atom. The molecular weight excluding hydrogens is 419 g/mol. The summed E-state index contributed by atoms with van der Waals surface area (Å²) in [6.45, 7) is 4.19. The van der Waals surface area contributed by atoms with Crippen LogP contribution in [0.1, 0.15) is 40.1 Å². The minimum absolute atomic E-state index is 0.136. The number of hydrogen-bond acceptors (Lipinski definition) is 3. The molecule has 0 bridgehead atoms. The van der Waals surface area contributed by atoms with Gasteiger partial charge in [0.1, 0.15) is 0 Å². The molecule has 0 N–H and O–H groups in total. The molecular formula is C23H20F3N5O. The van der Waals surface area contributed by atoms with Gasteiger partial charge in [0.05, 0.1) is 34.7 Å². The van der Waals surface area contributed by atoms with E-state index in [9.17, 15) is 18.0 Å². The lowest BCUT2D eigenvalue weighted by Crippen LogP contribution is -2.39. The predicted octanol–water partition coefficient (Wildman–Crippen LogP) is 4.22. The molecule has 5 rings (SSSR count). The predicted molar refractivity (Wildman–Crippen MR) is 112 cm³/mol. The van der Waals surface area contributed by atoms with E-state index in [2.05, 4.69) is 10.2 Å². The van der Waals surface area contributed by atoms with Crippen molar-refractivity contribution in [2.24, 2.45) is 7.05 Å². The van der Waals surface area contributed by atoms with Crippen LogP contribution in [0.15, 0.2) is 36.7 Å². The van der Waals surface area contributed by atoms with Crippen molar-refractivity contribution >= 4 is 11.4 Å². The topological polar surface area (TPSA) is 55.4 Å². The van der Waals surface area contributed by atoms with Crippen LogP contribution in [0.3, 0.4) is 0 Å². The zero-order valence-corrected chi connectivity index (χ0v) is 17.7. The van der Waals surface area contributed by atoms with E-state index in [-0.39, 0.29) is 17.5 Å². The smallest absolute Gasteiger partial charge is 0.256 e. The summed E-state index contributed by atoms with van der Waals surface area (Å²) < 4.78 is 44.4. The van der Waals surface area contributed by atoms with E-state index in [0.29, 0.717) is 29.9 Å². The van der Waals surface area contributed by atoms with Crippen molar-refractivity contribution in [2.75, 3.05) is 6.54 Å². The molecule has 6 nitrogen and oxygen atoms in total. The third-order valence-electron chi connectivity index (χ3n) is 6.11. The lowest BCUT2D eigenvalue weighted by Gasteiger charge is -2.33. The Morgan fingerprint density at radius 3 is 2.62 bits per heavy atom. The van der Waals surface area contributed by atoms with Crippen molar-refractivity contribution in [3.05, 3.63) is 76.5 Å². The largest absolute Gasteiger partial charge is 0.330 e. The molecule has 0 spiro atoms. The van der Waals surface area contributed by atoms with Gasteiger partial charge >= 0.3 is 0 Å². The highest BCUT2D eigenvalue weighted by Gasteiger charge is 2.34. The van der Waals surface area contributed by atoms with Crippen LogP contribution >= 0.6 is 0 Å². The molecule has 3 aromatic heterocycles. The number of nitrogens with zero attached hydrogens (tertiary/aromatic N) is 5. The Hall–Kier alpha value is -3.62. The fraction of sp³-hybridized carbons (Fsp3) is 0.261. The number of halogens is 3. The zero-order valence-electron chi connectivity index (χ0n) is 17.7. The van der Waals surface area contributed by atoms with Crippen LogP contribution in [0, 0.1) is 24.4 Å². The first-order valence-corrected chi connectivity index (χ1v) is 10.2. The van der Waals surface area contributed by atoms with Crippen molar-refractivity contribution in [2.45, 2.75) is 26.3 Å². The average molecular weight is 439 g/mol. The number of fused-ring (bicyclic) bond motifs is 2. The number of pyridine rings is 1. The van der Waals surface area contributed by atoms with Crippen LogP contribution in [0.2, 0.25) is 0 Å². The van der Waals surface area contributed by atoms with Crippen LogP contribution in [0.5, 0.6) is 0 Å². The van der Waals surface area contributed by atoms with E-state index in [4.69, 9.17) is 0 Å². The Labute approximate surface area is 181 Å². The molecule has 1 aromatic carbocycles. The Balaban J connectivity index is 1.55. The Kier molecular flexibility index (Phi) is 4.58. The number of benzene rings is 1. The number of aromatic nitrogens is 4. The summed E-state index contributed by atoms with van der Waals surface area (Å²) in [6.07, 6.45) is 3.97. The second-order valence-electron chi connectivity index (χ2n) is 8.06. The van der Waals surface area contributed by atoms with Crippen LogP contribution in [0.25, 0.3) is 16.8 Å². The summed E-state index contributed by atoms with van der Waals surface area (Å²) in [5, 5.41) is 8.83. The van der Waals surface area contributed by atoms with Gasteiger partial charge in [0, 0.05) is 30.9 Å². The standard InChI is InChI=1S/C23H20F3N5O/c1-12-11-27-31-7-4-5-16(21(12)31)23(32)30-8-6-15-20(13(30)2)28-29(3)22(15)14-9-17(24)19(26)18(25)10-14/h4-5,7,9-11,13H,6,8H2,1-3H3/t13-/m0/s1. The van der Waals surface area contributed by atoms with Crippen LogP contribution in [0.4, 0.5) is 13.2 Å². The van der Waals surface area contributed by atoms with Gasteiger partial charge in [-0.25, -0.2) is 17.7 Å². The summed E-state index contributed by atoms with van der Waals surface area (Å²) in [4.78, 5) is 15.2. The maximum absolute atomic E-state index is 13.9. The van der Waals surface area contributed by atoms with Crippen molar-refractivity contribution < 1.29 is 18.0 Å². The van der Waals surface area contributed by atoms with E-state index < -0.39 is 17.5 Å². The third kappa shape index (κ3) is 2.91. The highest BCUT2D eigenvalue weighted by molar-refractivity contribution is 6.01. The van der Waals surface area contributed by atoms with Crippen LogP contribution < -0.4 is 0 Å². The minimum atomic E-state index is -1.50. The molecule has 0 radical (unpaired) electrons. The normalized spacial score (nSPS) is 15.9. The second kappa shape index (κ2) is 7.22. The molecule has 9 heteroatoms. The van der Waals surface area contributed by atoms with Crippen molar-refractivity contribution in [1.29, 1.82) is 0 Å². The minimum Gasteiger partial charge on any atom is -0.330 e. The third-order valence-corrected chi connectivity index (χ3v) is 6.11. The molecule has 32 heavy (non-hydrogen) atoms. The molecule has 4 heterocycles. The van der Waals surface area contributed by atoms with Gasteiger partial charge in [0.15, 0.2) is 17.5 Å². The summed E-state index contributed by atoms with van der Waals surface area (Å²) in [5.74, 6) is -4.14. The molecule has 1 aliphatic rings. The lowest BCUT2D eigenvalue weighted by atomic mass is 9.95. The highest BCUT2D eigenvalue weighted by Crippen LogP contribution is 2.37. The van der Waals surface area contributed by atoms with Gasteiger partial charge in [-0.1, -0.05) is 0 Å². The molecule has 0 unspecified atom stereocenters. The molecule has 0 saturated carbocycles. The summed E-state index contributed by atoms with van der Waals surface area (Å²) >= 11 is 0. The summed E-state index contributed by atoms with van der Waals surface area (Å²) in [6, 6.07) is 5.15. The number of rotatable bonds is 2. The first-order chi connectivity index (χ1) is 15.3. The molecule has 1 atom stereocenters. The fourth-order valence-corrected chi connectivity index (χ4v) is 4.60. The van der Waals surface area contributed by atoms with E-state index >= 15 is 0 Å². The first-order valence-electron chi connectivity index (χ1n) is 10.2. The van der Waals surface area contributed by atoms with E-state index in [0.717, 1.165) is 28.8 Å². The van der Waals surface area contributed by atoms with Gasteiger partial charge in [0.2, 0.25) is 0 Å². The molecule has 1 amide bonds. The number of carbonyl (C=O) groups excluding carboxylic acids is 1. The molecule has 0 saturated heterocycles. The van der Waals surface area contributed by atoms with Crippen molar-refractivity contribution in [3.63, 3.8) is 0 Å². The Bertz CT molecular complexity index is 1370. The Morgan fingerprint density at radius 2 is 1.91 bits per heavy atom. The molecule has 164 valence electrons. The molecule has 1 aliphatic heterocycles. The van der Waals surface area contributed by atoms with Gasteiger partial charge in [-0.3, -0.25) is 9.48 Å². The molecule has 0 fully saturated rings. The van der Waals surface area contributed by atoms with Crippen LogP contribution in [-0.4, -0.2) is 36.7 Å². The van der Waals surface area contributed by atoms with Crippen molar-refractivity contribution in [3.8, 4) is 11.3 Å². The number of carbonyl (C=O) groups is 1. The lowest BCUT2D eigenvalue weighted by molar-refractivity contribution is 0.0675. The fourth-order valence-electron chi connectivity index (χ4n) is 4.60. The average Bonchev–Trinajstić information content (AvgIpc) is 3.31. The number of hydrogen-bond donors (Lipinski definition) is 0. The van der Waals surface area contributed by atoms with Gasteiger partial charge in [-0.05, 0) is 50.1 Å². The summed E-state index contributed by atoms with van der Waals surface area (Å²) in [5.41, 5.74) is 4.40. The van der Waals surface area contributed by atoms with Crippen LogP contribution in [-0.2, 0) is 13.5 Å². The first kappa shape index (κ1) is 20.3. The SMILES string of the molecule is Cc1cnn2cccc(C(=O)N3CCc4c(nn(C)c4-c4cc(F)c(F)c(F)c4)[C@@H]3C)c12. The van der Waals surface area contributed by atoms with Gasteiger partial charge in [-0.2, -0.15) is 10.2 Å². The zero-order chi connectivity index (χ0) is 22.7. The quantitative estimate of drug-likeness (QED) is 0.440. The molecule has 4 aromatic rings. The summed E-state index contributed by atoms with van der Waals surface area (Å²) in [7, 11) is 1.67. The number of aryl methyl sites for hydroxylation is 2. The van der Waals surface area contributed by atoms with Gasteiger partial charge in [0.25, 0.3) is 5.91 Å².